The Morgan fingerprint density at radius 2 is 2.15 bits per heavy atom. The van der Waals surface area contributed by atoms with Crippen LogP contribution >= 0.6 is 11.3 Å². The normalized spacial score (nSPS) is 10.8. The zero-order valence-corrected chi connectivity index (χ0v) is 12.0. The first-order chi connectivity index (χ1) is 9.75. The highest BCUT2D eigenvalue weighted by molar-refractivity contribution is 7.16. The molecule has 0 unspecified atom stereocenters. The van der Waals surface area contributed by atoms with Gasteiger partial charge in [0.1, 0.15) is 4.83 Å². The Balaban J connectivity index is 1.73. The van der Waals surface area contributed by atoms with Gasteiger partial charge in [0.25, 0.3) is 5.56 Å². The summed E-state index contributed by atoms with van der Waals surface area (Å²) >= 11 is 1.49. The Bertz CT molecular complexity index is 791. The van der Waals surface area contributed by atoms with E-state index in [1.165, 1.54) is 16.9 Å². The Labute approximate surface area is 120 Å². The molecule has 20 heavy (non-hydrogen) atoms. The number of benzene rings is 1. The average molecular weight is 285 g/mol. The molecule has 0 spiro atoms. The van der Waals surface area contributed by atoms with Crippen molar-refractivity contribution in [3.8, 4) is 0 Å². The van der Waals surface area contributed by atoms with Crippen molar-refractivity contribution in [2.45, 2.75) is 13.5 Å². The molecule has 0 aliphatic rings. The summed E-state index contributed by atoms with van der Waals surface area (Å²) in [5.41, 5.74) is 2.33. The van der Waals surface area contributed by atoms with Gasteiger partial charge in [-0.15, -0.1) is 11.3 Å². The molecule has 0 radical (unpaired) electrons. The Morgan fingerprint density at radius 1 is 1.30 bits per heavy atom. The van der Waals surface area contributed by atoms with E-state index < -0.39 is 0 Å². The molecule has 0 saturated carbocycles. The summed E-state index contributed by atoms with van der Waals surface area (Å²) in [6.07, 6.45) is 1.63. The highest BCUT2D eigenvalue weighted by Crippen LogP contribution is 2.14. The van der Waals surface area contributed by atoms with Crippen LogP contribution in [0.25, 0.3) is 10.2 Å². The van der Waals surface area contributed by atoms with Gasteiger partial charge >= 0.3 is 0 Å². The molecule has 4 nitrogen and oxygen atoms in total. The van der Waals surface area contributed by atoms with Crippen LogP contribution in [0.3, 0.4) is 0 Å². The number of rotatable bonds is 4. The van der Waals surface area contributed by atoms with Gasteiger partial charge in [-0.05, 0) is 30.0 Å². The number of aryl methyl sites for hydroxylation is 1. The first-order valence-electron chi connectivity index (χ1n) is 6.48. The van der Waals surface area contributed by atoms with Crippen molar-refractivity contribution in [1.29, 1.82) is 0 Å². The predicted molar refractivity (Wildman–Crippen MR) is 83.5 cm³/mol. The monoisotopic (exact) mass is 285 g/mol. The summed E-state index contributed by atoms with van der Waals surface area (Å²) in [4.78, 5) is 17.3. The maximum absolute atomic E-state index is 12.2. The Kier molecular flexibility index (Phi) is 3.52. The minimum atomic E-state index is 0.0304. The van der Waals surface area contributed by atoms with E-state index in [4.69, 9.17) is 0 Å². The standard InChI is InChI=1S/C15H15N3OS/c1-11-4-2-3-5-13(11)16-7-8-18-10-17-14-12(15(18)19)6-9-20-14/h2-6,9-10,16H,7-8H2,1H3. The van der Waals surface area contributed by atoms with Crippen molar-refractivity contribution < 1.29 is 0 Å². The third-order valence-corrected chi connectivity index (χ3v) is 4.08. The van der Waals surface area contributed by atoms with Crippen LogP contribution in [-0.4, -0.2) is 16.1 Å². The van der Waals surface area contributed by atoms with Crippen molar-refractivity contribution >= 4 is 27.2 Å². The van der Waals surface area contributed by atoms with E-state index in [0.29, 0.717) is 18.5 Å². The van der Waals surface area contributed by atoms with Gasteiger partial charge < -0.3 is 5.32 Å². The van der Waals surface area contributed by atoms with Gasteiger partial charge in [0.15, 0.2) is 0 Å². The molecule has 1 N–H and O–H groups in total. The fourth-order valence-corrected chi connectivity index (χ4v) is 2.86. The van der Waals surface area contributed by atoms with Crippen LogP contribution in [0.4, 0.5) is 5.69 Å². The molecule has 5 heteroatoms. The van der Waals surface area contributed by atoms with Gasteiger partial charge in [-0.3, -0.25) is 9.36 Å². The molecule has 102 valence electrons. The van der Waals surface area contributed by atoms with Crippen molar-refractivity contribution in [2.75, 3.05) is 11.9 Å². The predicted octanol–water partition coefficient (Wildman–Crippen LogP) is 2.88. The number of nitrogens with one attached hydrogen (secondary N) is 1. The quantitative estimate of drug-likeness (QED) is 0.802. The highest BCUT2D eigenvalue weighted by Gasteiger charge is 2.04. The Hall–Kier alpha value is -2.14. The van der Waals surface area contributed by atoms with E-state index in [1.807, 2.05) is 29.6 Å². The summed E-state index contributed by atoms with van der Waals surface area (Å²) < 4.78 is 1.65. The van der Waals surface area contributed by atoms with E-state index in [2.05, 4.69) is 23.3 Å². The molecule has 0 aliphatic heterocycles. The lowest BCUT2D eigenvalue weighted by Crippen LogP contribution is -2.23. The van der Waals surface area contributed by atoms with Crippen LogP contribution in [0, 0.1) is 6.92 Å². The molecular formula is C15H15N3OS. The van der Waals surface area contributed by atoms with Gasteiger partial charge in [0.05, 0.1) is 11.7 Å². The second kappa shape index (κ2) is 5.46. The minimum Gasteiger partial charge on any atom is -0.383 e. The zero-order chi connectivity index (χ0) is 13.9. The van der Waals surface area contributed by atoms with Gasteiger partial charge in [-0.25, -0.2) is 4.98 Å². The molecule has 0 aliphatic carbocycles. The number of hydrogen-bond acceptors (Lipinski definition) is 4. The number of hydrogen-bond donors (Lipinski definition) is 1. The molecular weight excluding hydrogens is 270 g/mol. The van der Waals surface area contributed by atoms with Crippen LogP contribution in [-0.2, 0) is 6.54 Å². The van der Waals surface area contributed by atoms with Gasteiger partial charge in [0.2, 0.25) is 0 Å². The lowest BCUT2D eigenvalue weighted by Gasteiger charge is -2.10. The summed E-state index contributed by atoms with van der Waals surface area (Å²) in [6.45, 7) is 3.36. The summed E-state index contributed by atoms with van der Waals surface area (Å²) in [5, 5.41) is 5.95. The maximum atomic E-state index is 12.2. The molecule has 3 rings (SSSR count). The topological polar surface area (TPSA) is 46.9 Å². The SMILES string of the molecule is Cc1ccccc1NCCn1cnc2sccc2c1=O. The molecule has 0 amide bonds. The molecule has 0 atom stereocenters. The number of thiophene rings is 1. The maximum Gasteiger partial charge on any atom is 0.262 e. The van der Waals surface area contributed by atoms with Crippen LogP contribution in [0.15, 0.2) is 46.8 Å². The number of aromatic nitrogens is 2. The van der Waals surface area contributed by atoms with E-state index >= 15 is 0 Å². The molecule has 0 fully saturated rings. The number of anilines is 1. The fourth-order valence-electron chi connectivity index (χ4n) is 2.13. The van der Waals surface area contributed by atoms with E-state index in [1.54, 1.807) is 10.9 Å². The van der Waals surface area contributed by atoms with Crippen LogP contribution in [0.5, 0.6) is 0 Å². The number of nitrogens with zero attached hydrogens (tertiary/aromatic N) is 2. The number of para-hydroxylation sites is 1. The largest absolute Gasteiger partial charge is 0.383 e. The second-order valence-corrected chi connectivity index (χ2v) is 5.52. The third-order valence-electron chi connectivity index (χ3n) is 3.26. The Morgan fingerprint density at radius 3 is 3.00 bits per heavy atom. The second-order valence-electron chi connectivity index (χ2n) is 4.62. The molecule has 0 bridgehead atoms. The van der Waals surface area contributed by atoms with Crippen molar-refractivity contribution in [3.05, 3.63) is 58.0 Å². The van der Waals surface area contributed by atoms with Crippen molar-refractivity contribution in [3.63, 3.8) is 0 Å². The molecule has 2 aromatic heterocycles. The molecule has 1 aromatic carbocycles. The van der Waals surface area contributed by atoms with Crippen LogP contribution in [0.1, 0.15) is 5.56 Å². The first-order valence-corrected chi connectivity index (χ1v) is 7.36. The molecule has 3 aromatic rings. The lowest BCUT2D eigenvalue weighted by atomic mass is 10.2. The van der Waals surface area contributed by atoms with Gasteiger partial charge in [-0.2, -0.15) is 0 Å². The zero-order valence-electron chi connectivity index (χ0n) is 11.2. The smallest absolute Gasteiger partial charge is 0.262 e. The summed E-state index contributed by atoms with van der Waals surface area (Å²) in [5.74, 6) is 0. The van der Waals surface area contributed by atoms with E-state index in [0.717, 1.165) is 10.5 Å². The van der Waals surface area contributed by atoms with Gasteiger partial charge in [-0.1, -0.05) is 18.2 Å². The van der Waals surface area contributed by atoms with E-state index in [9.17, 15) is 4.79 Å². The molecule has 0 saturated heterocycles. The van der Waals surface area contributed by atoms with E-state index in [-0.39, 0.29) is 5.56 Å². The first kappa shape index (κ1) is 12.9. The lowest BCUT2D eigenvalue weighted by molar-refractivity contribution is 0.690. The van der Waals surface area contributed by atoms with Gasteiger partial charge in [0, 0.05) is 18.8 Å². The third kappa shape index (κ3) is 2.44. The minimum absolute atomic E-state index is 0.0304. The fraction of sp³-hybridized carbons (Fsp3) is 0.200. The van der Waals surface area contributed by atoms with Crippen LogP contribution in [0.2, 0.25) is 0 Å². The van der Waals surface area contributed by atoms with Crippen molar-refractivity contribution in [2.24, 2.45) is 0 Å². The van der Waals surface area contributed by atoms with Crippen molar-refractivity contribution in [1.82, 2.24) is 9.55 Å². The van der Waals surface area contributed by atoms with Crippen LogP contribution < -0.4 is 10.9 Å². The summed E-state index contributed by atoms with van der Waals surface area (Å²) in [7, 11) is 0. The molecule has 2 heterocycles. The highest BCUT2D eigenvalue weighted by atomic mass is 32.1. The number of fused-ring (bicyclic) bond motifs is 1. The summed E-state index contributed by atoms with van der Waals surface area (Å²) in [6, 6.07) is 9.95. The average Bonchev–Trinajstić information content (AvgIpc) is 2.93.